The molecule has 0 amide bonds. The minimum atomic E-state index is -0.243. The monoisotopic (exact) mass is 181 g/mol. The Morgan fingerprint density at radius 1 is 1.54 bits per heavy atom. The first-order valence-electron chi connectivity index (χ1n) is 4.06. The molecular weight excluding hydrogens is 168 g/mol. The Morgan fingerprint density at radius 3 is 3.00 bits per heavy atom. The number of benzene rings is 1. The molecule has 0 heterocycles. The molecule has 1 unspecified atom stereocenters. The molecular formula is C10H13O3. The molecule has 1 atom stereocenters. The molecule has 0 aliphatic heterocycles. The molecule has 0 saturated carbocycles. The summed E-state index contributed by atoms with van der Waals surface area (Å²) in [7, 11) is 1.58. The molecule has 0 N–H and O–H groups in total. The molecule has 3 heteroatoms. The summed E-state index contributed by atoms with van der Waals surface area (Å²) >= 11 is 0. The fraction of sp³-hybridized carbons (Fsp3) is 0.400. The predicted octanol–water partition coefficient (Wildman–Crippen LogP) is 1.83. The fourth-order valence-electron chi connectivity index (χ4n) is 0.733. The lowest BCUT2D eigenvalue weighted by atomic mass is 10.3. The standard InChI is InChI=1S/C10H13O3/c1-9(11-2)12-8-13-10-6-4-3-5-7-10/h3-4,6-7,9H,8H2,1-2H3. The predicted molar refractivity (Wildman–Crippen MR) is 48.3 cm³/mol. The van der Waals surface area contributed by atoms with E-state index < -0.39 is 0 Å². The van der Waals surface area contributed by atoms with E-state index in [0.29, 0.717) is 0 Å². The van der Waals surface area contributed by atoms with Crippen LogP contribution in [-0.2, 0) is 9.47 Å². The van der Waals surface area contributed by atoms with Crippen LogP contribution in [-0.4, -0.2) is 20.2 Å². The average Bonchev–Trinajstić information content (AvgIpc) is 2.19. The van der Waals surface area contributed by atoms with Crippen molar-refractivity contribution in [2.45, 2.75) is 13.2 Å². The van der Waals surface area contributed by atoms with Gasteiger partial charge in [-0.05, 0) is 25.1 Å². The van der Waals surface area contributed by atoms with Gasteiger partial charge in [-0.3, -0.25) is 0 Å². The van der Waals surface area contributed by atoms with Crippen molar-refractivity contribution < 1.29 is 14.2 Å². The summed E-state index contributed by atoms with van der Waals surface area (Å²) in [6.45, 7) is 1.99. The summed E-state index contributed by atoms with van der Waals surface area (Å²) in [6.07, 6.45) is -0.243. The van der Waals surface area contributed by atoms with Gasteiger partial charge in [0.2, 0.25) is 0 Å². The van der Waals surface area contributed by atoms with Crippen molar-refractivity contribution in [2.75, 3.05) is 13.9 Å². The van der Waals surface area contributed by atoms with E-state index in [9.17, 15) is 0 Å². The van der Waals surface area contributed by atoms with E-state index in [4.69, 9.17) is 14.2 Å². The van der Waals surface area contributed by atoms with Crippen molar-refractivity contribution in [3.05, 3.63) is 30.3 Å². The zero-order valence-corrected chi connectivity index (χ0v) is 7.82. The Bertz CT molecular complexity index is 223. The normalized spacial score (nSPS) is 12.5. The summed E-state index contributed by atoms with van der Waals surface area (Å²) in [5.74, 6) is 0.741. The second kappa shape index (κ2) is 5.56. The molecule has 0 aromatic heterocycles. The van der Waals surface area contributed by atoms with Gasteiger partial charge in [-0.1, -0.05) is 12.1 Å². The largest absolute Gasteiger partial charge is 0.467 e. The second-order valence-electron chi connectivity index (χ2n) is 2.47. The summed E-state index contributed by atoms with van der Waals surface area (Å²) in [4.78, 5) is 0. The van der Waals surface area contributed by atoms with E-state index in [2.05, 4.69) is 6.07 Å². The second-order valence-corrected chi connectivity index (χ2v) is 2.47. The molecule has 0 saturated heterocycles. The molecule has 0 aliphatic rings. The van der Waals surface area contributed by atoms with Gasteiger partial charge >= 0.3 is 0 Å². The van der Waals surface area contributed by atoms with E-state index in [0.717, 1.165) is 5.75 Å². The quantitative estimate of drug-likeness (QED) is 0.648. The van der Waals surface area contributed by atoms with Crippen LogP contribution >= 0.6 is 0 Å². The van der Waals surface area contributed by atoms with Crippen LogP contribution in [0.4, 0.5) is 0 Å². The van der Waals surface area contributed by atoms with Gasteiger partial charge in [-0.2, -0.15) is 0 Å². The van der Waals surface area contributed by atoms with E-state index in [1.54, 1.807) is 20.1 Å². The molecule has 0 spiro atoms. The minimum absolute atomic E-state index is 0.187. The topological polar surface area (TPSA) is 27.7 Å². The molecule has 1 aromatic carbocycles. The van der Waals surface area contributed by atoms with Crippen LogP contribution in [0.15, 0.2) is 24.3 Å². The highest BCUT2D eigenvalue weighted by Gasteiger charge is 1.97. The van der Waals surface area contributed by atoms with Gasteiger partial charge in [-0.25, -0.2) is 0 Å². The number of rotatable bonds is 5. The maximum Gasteiger partial charge on any atom is 0.191 e. The first kappa shape index (κ1) is 10.0. The first-order chi connectivity index (χ1) is 6.33. The lowest BCUT2D eigenvalue weighted by Gasteiger charge is -2.11. The van der Waals surface area contributed by atoms with Crippen molar-refractivity contribution in [3.63, 3.8) is 0 Å². The molecule has 71 valence electrons. The smallest absolute Gasteiger partial charge is 0.191 e. The van der Waals surface area contributed by atoms with Gasteiger partial charge in [0.05, 0.1) is 0 Å². The Labute approximate surface area is 78.2 Å². The zero-order chi connectivity index (χ0) is 9.52. The molecule has 13 heavy (non-hydrogen) atoms. The fourth-order valence-corrected chi connectivity index (χ4v) is 0.733. The highest BCUT2D eigenvalue weighted by Crippen LogP contribution is 2.07. The van der Waals surface area contributed by atoms with Gasteiger partial charge in [0.25, 0.3) is 0 Å². The highest BCUT2D eigenvalue weighted by atomic mass is 16.7. The third-order valence-corrected chi connectivity index (χ3v) is 1.54. The minimum Gasteiger partial charge on any atom is -0.467 e. The number of ether oxygens (including phenoxy) is 3. The lowest BCUT2D eigenvalue weighted by Crippen LogP contribution is -2.14. The molecule has 0 aliphatic carbocycles. The van der Waals surface area contributed by atoms with Crippen molar-refractivity contribution in [2.24, 2.45) is 0 Å². The van der Waals surface area contributed by atoms with Crippen LogP contribution in [0.1, 0.15) is 6.92 Å². The number of hydrogen-bond acceptors (Lipinski definition) is 3. The van der Waals surface area contributed by atoms with Gasteiger partial charge in [0.15, 0.2) is 13.1 Å². The first-order valence-corrected chi connectivity index (χ1v) is 4.06. The Kier molecular flexibility index (Phi) is 4.29. The van der Waals surface area contributed by atoms with Crippen LogP contribution in [0.25, 0.3) is 0 Å². The van der Waals surface area contributed by atoms with Crippen molar-refractivity contribution in [1.82, 2.24) is 0 Å². The summed E-state index contributed by atoms with van der Waals surface area (Å²) in [5, 5.41) is 0. The lowest BCUT2D eigenvalue weighted by molar-refractivity contribution is -0.149. The van der Waals surface area contributed by atoms with Crippen LogP contribution in [0.3, 0.4) is 0 Å². The van der Waals surface area contributed by atoms with Crippen LogP contribution in [0.5, 0.6) is 5.75 Å². The maximum atomic E-state index is 5.24. The SMILES string of the molecule is COC(C)OCOc1c[c]ccc1. The summed E-state index contributed by atoms with van der Waals surface area (Å²) in [6, 6.07) is 10.2. The Balaban J connectivity index is 2.20. The van der Waals surface area contributed by atoms with E-state index in [-0.39, 0.29) is 13.1 Å². The van der Waals surface area contributed by atoms with Crippen LogP contribution < -0.4 is 4.74 Å². The molecule has 0 bridgehead atoms. The van der Waals surface area contributed by atoms with Crippen LogP contribution in [0, 0.1) is 6.07 Å². The summed E-state index contributed by atoms with van der Waals surface area (Å²) in [5.41, 5.74) is 0. The van der Waals surface area contributed by atoms with Gasteiger partial charge < -0.3 is 14.2 Å². The van der Waals surface area contributed by atoms with Gasteiger partial charge in [0.1, 0.15) is 5.75 Å². The molecule has 3 nitrogen and oxygen atoms in total. The third-order valence-electron chi connectivity index (χ3n) is 1.54. The number of methoxy groups -OCH3 is 1. The Hall–Kier alpha value is -1.06. The van der Waals surface area contributed by atoms with Gasteiger partial charge in [-0.15, -0.1) is 0 Å². The van der Waals surface area contributed by atoms with Gasteiger partial charge in [0, 0.05) is 7.11 Å². The van der Waals surface area contributed by atoms with E-state index in [1.807, 2.05) is 18.2 Å². The molecule has 1 aromatic rings. The molecule has 0 fully saturated rings. The third kappa shape index (κ3) is 3.92. The van der Waals surface area contributed by atoms with E-state index in [1.165, 1.54) is 0 Å². The van der Waals surface area contributed by atoms with Crippen LogP contribution in [0.2, 0.25) is 0 Å². The molecule has 1 radical (unpaired) electrons. The molecule has 1 rings (SSSR count). The maximum absolute atomic E-state index is 5.24. The zero-order valence-electron chi connectivity index (χ0n) is 7.82. The van der Waals surface area contributed by atoms with Crippen molar-refractivity contribution >= 4 is 0 Å². The average molecular weight is 181 g/mol. The highest BCUT2D eigenvalue weighted by molar-refractivity contribution is 5.19. The van der Waals surface area contributed by atoms with Crippen molar-refractivity contribution in [1.29, 1.82) is 0 Å². The Morgan fingerprint density at radius 2 is 2.38 bits per heavy atom. The number of hydrogen-bond donors (Lipinski definition) is 0. The summed E-state index contributed by atoms with van der Waals surface area (Å²) < 4.78 is 15.3. The van der Waals surface area contributed by atoms with E-state index >= 15 is 0 Å². The van der Waals surface area contributed by atoms with Crippen molar-refractivity contribution in [3.8, 4) is 5.75 Å².